The van der Waals surface area contributed by atoms with Crippen LogP contribution in [-0.2, 0) is 6.61 Å². The van der Waals surface area contributed by atoms with E-state index < -0.39 is 0 Å². The van der Waals surface area contributed by atoms with Gasteiger partial charge in [0.25, 0.3) is 5.56 Å². The van der Waals surface area contributed by atoms with Gasteiger partial charge < -0.3 is 4.74 Å². The van der Waals surface area contributed by atoms with E-state index in [0.717, 1.165) is 25.8 Å². The lowest BCUT2D eigenvalue weighted by Gasteiger charge is -2.12. The first-order chi connectivity index (χ1) is 15.4. The van der Waals surface area contributed by atoms with E-state index in [4.69, 9.17) is 4.74 Å². The number of fused-ring (bicyclic) bond motifs is 1. The number of aromatic nitrogens is 2. The number of nitrogens with zero attached hydrogens (tertiary/aromatic N) is 3. The maximum absolute atomic E-state index is 13.1. The molecule has 0 saturated carbocycles. The van der Waals surface area contributed by atoms with E-state index in [1.807, 2.05) is 74.5 Å². The van der Waals surface area contributed by atoms with E-state index in [1.165, 1.54) is 4.68 Å². The summed E-state index contributed by atoms with van der Waals surface area (Å²) in [4.78, 5) is 17.8. The van der Waals surface area contributed by atoms with E-state index >= 15 is 0 Å². The van der Waals surface area contributed by atoms with Gasteiger partial charge in [-0.15, -0.1) is 0 Å². The summed E-state index contributed by atoms with van der Waals surface area (Å²) >= 11 is 6.86. The van der Waals surface area contributed by atoms with Crippen molar-refractivity contribution in [1.82, 2.24) is 9.66 Å². The summed E-state index contributed by atoms with van der Waals surface area (Å²) < 4.78 is 9.16. The molecular weight excluding hydrogens is 534 g/mol. The predicted molar refractivity (Wildman–Crippen MR) is 136 cm³/mol. The molecule has 162 valence electrons. The fraction of sp³-hybridized carbons (Fsp3) is 0.160. The first kappa shape index (κ1) is 22.4. The van der Waals surface area contributed by atoms with E-state index in [-0.39, 0.29) is 11.5 Å². The van der Waals surface area contributed by atoms with Crippen molar-refractivity contribution in [2.75, 3.05) is 0 Å². The van der Waals surface area contributed by atoms with Crippen molar-refractivity contribution in [3.63, 3.8) is 0 Å². The lowest BCUT2D eigenvalue weighted by molar-refractivity contribution is 0.306. The van der Waals surface area contributed by atoms with Crippen LogP contribution in [0.4, 0.5) is 0 Å². The molecule has 0 bridgehead atoms. The van der Waals surface area contributed by atoms with Crippen molar-refractivity contribution in [2.24, 2.45) is 5.10 Å². The lowest BCUT2D eigenvalue weighted by atomic mass is 10.2. The summed E-state index contributed by atoms with van der Waals surface area (Å²) in [5.74, 6) is 1.38. The van der Waals surface area contributed by atoms with Crippen LogP contribution < -0.4 is 10.3 Å². The Hall–Kier alpha value is -2.77. The standard InChI is InChI=1S/C25H21Br2N3O2/c1-16(2)24-29-23-11-10-20(27)13-22(23)25(31)30(24)28-14-18-4-3-5-21(12-18)32-15-17-6-8-19(26)9-7-17/h3-14,16H,15H2,1-2H3. The van der Waals surface area contributed by atoms with Gasteiger partial charge in [-0.3, -0.25) is 4.79 Å². The third kappa shape index (κ3) is 5.16. The minimum absolute atomic E-state index is 0.0356. The Labute approximate surface area is 203 Å². The van der Waals surface area contributed by atoms with Crippen LogP contribution in [0.2, 0.25) is 0 Å². The molecule has 0 aliphatic carbocycles. The summed E-state index contributed by atoms with van der Waals surface area (Å²) in [5, 5.41) is 5.01. The third-order valence-electron chi connectivity index (χ3n) is 4.85. The van der Waals surface area contributed by atoms with Gasteiger partial charge >= 0.3 is 0 Å². The highest BCUT2D eigenvalue weighted by atomic mass is 79.9. The van der Waals surface area contributed by atoms with Gasteiger partial charge in [0.2, 0.25) is 0 Å². The monoisotopic (exact) mass is 553 g/mol. The Kier molecular flexibility index (Phi) is 6.86. The minimum Gasteiger partial charge on any atom is -0.489 e. The van der Waals surface area contributed by atoms with Crippen LogP contribution in [0, 0.1) is 0 Å². The van der Waals surface area contributed by atoms with Crippen LogP contribution >= 0.6 is 31.9 Å². The molecule has 0 amide bonds. The van der Waals surface area contributed by atoms with E-state index in [0.29, 0.717) is 23.3 Å². The van der Waals surface area contributed by atoms with Crippen LogP contribution in [-0.4, -0.2) is 15.9 Å². The fourth-order valence-electron chi connectivity index (χ4n) is 3.21. The first-order valence-corrected chi connectivity index (χ1v) is 11.7. The van der Waals surface area contributed by atoms with Crippen molar-refractivity contribution < 1.29 is 4.74 Å². The van der Waals surface area contributed by atoms with E-state index in [2.05, 4.69) is 41.9 Å². The summed E-state index contributed by atoms with van der Waals surface area (Å²) in [6, 6.07) is 21.1. The molecule has 0 atom stereocenters. The molecule has 0 spiro atoms. The summed E-state index contributed by atoms with van der Waals surface area (Å²) in [7, 11) is 0. The average Bonchev–Trinajstić information content (AvgIpc) is 2.78. The highest BCUT2D eigenvalue weighted by Gasteiger charge is 2.13. The molecule has 5 nitrogen and oxygen atoms in total. The van der Waals surface area contributed by atoms with Gasteiger partial charge in [-0.2, -0.15) is 9.78 Å². The quantitative estimate of drug-likeness (QED) is 0.255. The number of hydrogen-bond donors (Lipinski definition) is 0. The number of rotatable bonds is 6. The highest BCUT2D eigenvalue weighted by Crippen LogP contribution is 2.19. The zero-order chi connectivity index (χ0) is 22.7. The summed E-state index contributed by atoms with van der Waals surface area (Å²) in [6.07, 6.45) is 1.66. The molecule has 0 saturated heterocycles. The van der Waals surface area contributed by atoms with Crippen molar-refractivity contribution >= 4 is 49.0 Å². The average molecular weight is 555 g/mol. The van der Waals surface area contributed by atoms with Gasteiger partial charge in [-0.25, -0.2) is 4.98 Å². The maximum atomic E-state index is 13.1. The Bertz CT molecular complexity index is 1350. The first-order valence-electron chi connectivity index (χ1n) is 10.1. The predicted octanol–water partition coefficient (Wildman–Crippen LogP) is 6.51. The van der Waals surface area contributed by atoms with Gasteiger partial charge in [0.15, 0.2) is 0 Å². The van der Waals surface area contributed by atoms with Crippen LogP contribution in [0.25, 0.3) is 10.9 Å². The van der Waals surface area contributed by atoms with Gasteiger partial charge in [0.1, 0.15) is 18.2 Å². The Morgan fingerprint density at radius 1 is 1.03 bits per heavy atom. The zero-order valence-electron chi connectivity index (χ0n) is 17.6. The van der Waals surface area contributed by atoms with Crippen LogP contribution in [0.3, 0.4) is 0 Å². The second-order valence-electron chi connectivity index (χ2n) is 7.64. The molecule has 0 aliphatic heterocycles. The molecule has 4 aromatic rings. The molecule has 1 heterocycles. The van der Waals surface area contributed by atoms with Crippen LogP contribution in [0.1, 0.15) is 36.7 Å². The van der Waals surface area contributed by atoms with E-state index in [1.54, 1.807) is 12.3 Å². The summed E-state index contributed by atoms with van der Waals surface area (Å²) in [6.45, 7) is 4.46. The largest absolute Gasteiger partial charge is 0.489 e. The van der Waals surface area contributed by atoms with Gasteiger partial charge in [0.05, 0.1) is 17.1 Å². The van der Waals surface area contributed by atoms with Gasteiger partial charge in [-0.1, -0.05) is 70.0 Å². The number of ether oxygens (including phenoxy) is 1. The molecule has 0 N–H and O–H groups in total. The second kappa shape index (κ2) is 9.79. The van der Waals surface area contributed by atoms with Crippen LogP contribution in [0.5, 0.6) is 5.75 Å². The van der Waals surface area contributed by atoms with E-state index in [9.17, 15) is 4.79 Å². The second-order valence-corrected chi connectivity index (χ2v) is 9.47. The Morgan fingerprint density at radius 2 is 1.78 bits per heavy atom. The molecule has 0 fully saturated rings. The maximum Gasteiger partial charge on any atom is 0.282 e. The molecule has 4 rings (SSSR count). The number of benzene rings is 3. The zero-order valence-corrected chi connectivity index (χ0v) is 20.8. The SMILES string of the molecule is CC(C)c1nc2ccc(Br)cc2c(=O)n1N=Cc1cccc(OCc2ccc(Br)cc2)c1. The van der Waals surface area contributed by atoms with Gasteiger partial charge in [-0.05, 0) is 53.6 Å². The molecule has 0 unspecified atom stereocenters. The van der Waals surface area contributed by atoms with Crippen molar-refractivity contribution in [1.29, 1.82) is 0 Å². The van der Waals surface area contributed by atoms with Crippen LogP contribution in [0.15, 0.2) is 85.6 Å². The lowest BCUT2D eigenvalue weighted by Crippen LogP contribution is -2.23. The number of hydrogen-bond acceptors (Lipinski definition) is 4. The highest BCUT2D eigenvalue weighted by molar-refractivity contribution is 9.10. The van der Waals surface area contributed by atoms with Gasteiger partial charge in [0, 0.05) is 14.9 Å². The van der Waals surface area contributed by atoms with Crippen molar-refractivity contribution in [3.8, 4) is 5.75 Å². The van der Waals surface area contributed by atoms with Crippen molar-refractivity contribution in [2.45, 2.75) is 26.4 Å². The molecular formula is C25H21Br2N3O2. The third-order valence-corrected chi connectivity index (χ3v) is 5.87. The minimum atomic E-state index is -0.195. The molecule has 0 aliphatic rings. The smallest absolute Gasteiger partial charge is 0.282 e. The molecule has 32 heavy (non-hydrogen) atoms. The molecule has 3 aromatic carbocycles. The fourth-order valence-corrected chi connectivity index (χ4v) is 3.83. The molecule has 7 heteroatoms. The normalized spacial score (nSPS) is 11.5. The molecule has 1 aromatic heterocycles. The topological polar surface area (TPSA) is 56.5 Å². The Morgan fingerprint density at radius 3 is 2.53 bits per heavy atom. The van der Waals surface area contributed by atoms with Crippen molar-refractivity contribution in [3.05, 3.63) is 103 Å². The summed E-state index contributed by atoms with van der Waals surface area (Å²) in [5.41, 5.74) is 2.37. The molecule has 0 radical (unpaired) electrons. The number of halogens is 2. The Balaban J connectivity index is 1.62.